The van der Waals surface area contributed by atoms with Crippen molar-refractivity contribution in [1.82, 2.24) is 4.90 Å². The van der Waals surface area contributed by atoms with Gasteiger partial charge in [0.05, 0.1) is 11.7 Å². The Bertz CT molecular complexity index is 863. The van der Waals surface area contributed by atoms with E-state index in [4.69, 9.17) is 32.2 Å². The summed E-state index contributed by atoms with van der Waals surface area (Å²) in [6, 6.07) is 4.76. The van der Waals surface area contributed by atoms with E-state index >= 15 is 0 Å². The Labute approximate surface area is 202 Å². The van der Waals surface area contributed by atoms with Gasteiger partial charge >= 0.3 is 12.1 Å². The lowest BCUT2D eigenvalue weighted by Crippen LogP contribution is -2.42. The average Bonchev–Trinajstić information content (AvgIpc) is 2.67. The first-order chi connectivity index (χ1) is 15.2. The predicted molar refractivity (Wildman–Crippen MR) is 133 cm³/mol. The van der Waals surface area contributed by atoms with E-state index < -0.39 is 29.3 Å². The van der Waals surface area contributed by atoms with E-state index in [0.717, 1.165) is 17.0 Å². The highest BCUT2D eigenvalue weighted by atomic mass is 32.1. The van der Waals surface area contributed by atoms with Gasteiger partial charge in [-0.1, -0.05) is 18.3 Å². The summed E-state index contributed by atoms with van der Waals surface area (Å²) in [5, 5.41) is 5.01. The largest absolute Gasteiger partial charge is 0.486 e. The first-order valence-corrected chi connectivity index (χ1v) is 11.6. The van der Waals surface area contributed by atoms with E-state index in [2.05, 4.69) is 5.32 Å². The van der Waals surface area contributed by atoms with Crippen LogP contribution >= 0.6 is 12.2 Å². The Balaban J connectivity index is 2.15. The molecule has 33 heavy (non-hydrogen) atoms. The summed E-state index contributed by atoms with van der Waals surface area (Å²) in [6.07, 6.45) is -0.315. The fraction of sp³-hybridized carbons (Fsp3) is 0.625. The van der Waals surface area contributed by atoms with E-state index in [1.54, 1.807) is 31.0 Å². The van der Waals surface area contributed by atoms with Crippen molar-refractivity contribution in [2.75, 3.05) is 11.9 Å². The van der Waals surface area contributed by atoms with E-state index in [0.29, 0.717) is 0 Å². The Morgan fingerprint density at radius 3 is 2.42 bits per heavy atom. The van der Waals surface area contributed by atoms with Crippen LogP contribution in [0.25, 0.3) is 0 Å². The topological polar surface area (TPSA) is 103 Å². The second-order valence-corrected chi connectivity index (χ2v) is 10.6. The second kappa shape index (κ2) is 10.7. The number of anilines is 1. The quantitative estimate of drug-likeness (QED) is 0.446. The maximum atomic E-state index is 12.9. The summed E-state index contributed by atoms with van der Waals surface area (Å²) in [7, 11) is 0. The fourth-order valence-corrected chi connectivity index (χ4v) is 3.47. The molecule has 1 aliphatic heterocycles. The molecule has 3 N–H and O–H groups in total. The van der Waals surface area contributed by atoms with Crippen LogP contribution in [0, 0.1) is 0 Å². The highest BCUT2D eigenvalue weighted by molar-refractivity contribution is 7.79. The fourth-order valence-electron chi connectivity index (χ4n) is 3.18. The number of esters is 1. The number of carbonyl (C=O) groups is 2. The molecule has 0 aliphatic carbocycles. The minimum Gasteiger partial charge on any atom is -0.486 e. The van der Waals surface area contributed by atoms with Gasteiger partial charge in [-0.15, -0.1) is 0 Å². The lowest BCUT2D eigenvalue weighted by Gasteiger charge is -2.32. The molecule has 9 heteroatoms. The van der Waals surface area contributed by atoms with E-state index in [1.165, 1.54) is 0 Å². The third kappa shape index (κ3) is 8.47. The third-order valence-electron chi connectivity index (χ3n) is 4.78. The number of hydrogen-bond donors (Lipinski definition) is 2. The number of rotatable bonds is 7. The van der Waals surface area contributed by atoms with Crippen molar-refractivity contribution in [1.29, 1.82) is 0 Å². The number of nitrogens with zero attached hydrogens (tertiary/aromatic N) is 1. The van der Waals surface area contributed by atoms with Gasteiger partial charge in [-0.2, -0.15) is 0 Å². The molecule has 0 saturated carbocycles. The Morgan fingerprint density at radius 2 is 1.85 bits per heavy atom. The van der Waals surface area contributed by atoms with Gasteiger partial charge in [0.2, 0.25) is 0 Å². The number of nitrogens with two attached hydrogens (primary N) is 1. The molecule has 0 bridgehead atoms. The molecule has 8 nitrogen and oxygen atoms in total. The van der Waals surface area contributed by atoms with E-state index in [1.807, 2.05) is 45.9 Å². The number of thiocarbonyl (C=S) groups is 1. The van der Waals surface area contributed by atoms with Gasteiger partial charge in [0.25, 0.3) is 0 Å². The second-order valence-electron chi connectivity index (χ2n) is 10.3. The van der Waals surface area contributed by atoms with Crippen LogP contribution in [0.1, 0.15) is 60.5 Å². The highest BCUT2D eigenvalue weighted by Gasteiger charge is 2.28. The van der Waals surface area contributed by atoms with Crippen molar-refractivity contribution in [2.45, 2.75) is 90.8 Å². The first-order valence-electron chi connectivity index (χ1n) is 11.2. The highest BCUT2D eigenvalue weighted by Crippen LogP contribution is 2.32. The van der Waals surface area contributed by atoms with E-state index in [9.17, 15) is 9.59 Å². The maximum Gasteiger partial charge on any atom is 0.410 e. The van der Waals surface area contributed by atoms with E-state index in [-0.39, 0.29) is 31.7 Å². The zero-order chi connectivity index (χ0) is 25.0. The number of ether oxygens (including phenoxy) is 3. The summed E-state index contributed by atoms with van der Waals surface area (Å²) in [4.78, 5) is 26.7. The number of hydrogen-bond acceptors (Lipinski definition) is 8. The molecule has 0 spiro atoms. The molecule has 1 aliphatic rings. The van der Waals surface area contributed by atoms with Crippen LogP contribution in [0.15, 0.2) is 18.2 Å². The minimum atomic E-state index is -0.849. The van der Waals surface area contributed by atoms with Gasteiger partial charge in [0.15, 0.2) is 0 Å². The molecular formula is C24H37N3O5S. The van der Waals surface area contributed by atoms with Gasteiger partial charge in [-0.25, -0.2) is 4.79 Å². The number of benzene rings is 1. The van der Waals surface area contributed by atoms with Crippen molar-refractivity contribution >= 4 is 35.3 Å². The van der Waals surface area contributed by atoms with Crippen LogP contribution in [0.3, 0.4) is 0 Å². The average molecular weight is 480 g/mol. The Hall–Kier alpha value is -2.39. The molecule has 1 aromatic carbocycles. The molecule has 1 aromatic rings. The summed E-state index contributed by atoms with van der Waals surface area (Å²) in [5.41, 5.74) is 6.44. The van der Waals surface area contributed by atoms with Crippen LogP contribution in [0.4, 0.5) is 10.5 Å². The van der Waals surface area contributed by atoms with Crippen molar-refractivity contribution in [3.8, 4) is 5.75 Å². The molecule has 1 amide bonds. The summed E-state index contributed by atoms with van der Waals surface area (Å²) < 4.78 is 16.8. The molecule has 184 valence electrons. The SMILES string of the molecule is CC1Oc2ccc(CN(CCC(N)C(=O)OC(C)(C)C)C(=O)OC(C)(C)C)cc2NC1C=S. The molecule has 0 radical (unpaired) electrons. The predicted octanol–water partition coefficient (Wildman–Crippen LogP) is 4.04. The Morgan fingerprint density at radius 1 is 1.21 bits per heavy atom. The standard InChI is InChI=1S/C24H37N3O5S/c1-15-19(14-33)26-18-12-16(8-9-20(18)30-15)13-27(22(29)32-24(5,6)7)11-10-17(25)21(28)31-23(2,3)4/h8-9,12,14-15,17,19,26H,10-11,13,25H2,1-7H3. The Kier molecular flexibility index (Phi) is 8.70. The van der Waals surface area contributed by atoms with Crippen LogP contribution in [-0.4, -0.2) is 58.3 Å². The molecule has 0 aromatic heterocycles. The van der Waals surface area contributed by atoms with Crippen LogP contribution in [0.2, 0.25) is 0 Å². The zero-order valence-corrected chi connectivity index (χ0v) is 21.5. The van der Waals surface area contributed by atoms with Gasteiger partial charge in [-0.3, -0.25) is 4.79 Å². The monoisotopic (exact) mass is 479 g/mol. The molecule has 0 fully saturated rings. The minimum absolute atomic E-state index is 0.0755. The molecule has 3 atom stereocenters. The number of nitrogens with one attached hydrogen (secondary N) is 1. The number of amides is 1. The summed E-state index contributed by atoms with van der Waals surface area (Å²) >= 11 is 5.09. The smallest absolute Gasteiger partial charge is 0.410 e. The van der Waals surface area contributed by atoms with Gasteiger partial charge in [0.1, 0.15) is 29.1 Å². The van der Waals surface area contributed by atoms with Gasteiger partial charge in [0, 0.05) is 18.5 Å². The molecule has 1 heterocycles. The van der Waals surface area contributed by atoms with Gasteiger partial charge in [-0.05, 0) is 72.6 Å². The van der Waals surface area contributed by atoms with Crippen molar-refractivity contribution in [3.05, 3.63) is 23.8 Å². The third-order valence-corrected chi connectivity index (χ3v) is 5.07. The molecule has 0 saturated heterocycles. The van der Waals surface area contributed by atoms with Crippen molar-refractivity contribution in [3.63, 3.8) is 0 Å². The molecular weight excluding hydrogens is 442 g/mol. The number of fused-ring (bicyclic) bond motifs is 1. The lowest BCUT2D eigenvalue weighted by atomic mass is 10.1. The molecule has 3 unspecified atom stereocenters. The molecule has 2 rings (SSSR count). The maximum absolute atomic E-state index is 12.9. The normalized spacial score (nSPS) is 18.8. The van der Waals surface area contributed by atoms with Gasteiger partial charge < -0.3 is 30.2 Å². The van der Waals surface area contributed by atoms with Crippen molar-refractivity contribution < 1.29 is 23.8 Å². The summed E-state index contributed by atoms with van der Waals surface area (Å²) in [6.45, 7) is 13.2. The van der Waals surface area contributed by atoms with Crippen LogP contribution in [-0.2, 0) is 20.8 Å². The van der Waals surface area contributed by atoms with Crippen LogP contribution < -0.4 is 15.8 Å². The zero-order valence-electron chi connectivity index (χ0n) is 20.6. The van der Waals surface area contributed by atoms with Crippen LogP contribution in [0.5, 0.6) is 5.75 Å². The lowest BCUT2D eigenvalue weighted by molar-refractivity contribution is -0.156. The first kappa shape index (κ1) is 26.9. The van der Waals surface area contributed by atoms with Crippen molar-refractivity contribution in [2.24, 2.45) is 5.73 Å². The number of carbonyl (C=O) groups excluding carboxylic acids is 2. The summed E-state index contributed by atoms with van der Waals surface area (Å²) in [5.74, 6) is 0.234.